The van der Waals surface area contributed by atoms with E-state index in [1.165, 1.54) is 0 Å². The lowest BCUT2D eigenvalue weighted by Crippen LogP contribution is -2.28. The lowest BCUT2D eigenvalue weighted by molar-refractivity contribution is -0.119. The average molecular weight is 368 g/mol. The fourth-order valence-corrected chi connectivity index (χ4v) is 1.24. The molecule has 2 amide bonds. The lowest BCUT2D eigenvalue weighted by atomic mass is 10.1. The molecule has 102 valence electrons. The fraction of sp³-hybridized carbons (Fsp3) is 0.800. The molecule has 0 aliphatic carbocycles. The van der Waals surface area contributed by atoms with Gasteiger partial charge < -0.3 is 20.1 Å². The highest BCUT2D eigenvalue weighted by atomic mass is 127. The number of halogens is 1. The Morgan fingerprint density at radius 1 is 0.944 bits per heavy atom. The molecule has 0 aromatic rings. The quantitative estimate of drug-likeness (QED) is 0.218. The van der Waals surface area contributed by atoms with Crippen LogP contribution in [0, 0.1) is 0 Å². The van der Waals surface area contributed by atoms with Crippen molar-refractivity contribution in [1.82, 2.24) is 10.6 Å². The van der Waals surface area contributed by atoms with Crippen LogP contribution in [0.3, 0.4) is 0 Å². The number of rotatable bonds is 11. The van der Waals surface area contributed by atoms with Gasteiger partial charge in [-0.05, 0) is 6.32 Å². The fourth-order valence-electron chi connectivity index (χ4n) is 0.967. The van der Waals surface area contributed by atoms with Crippen molar-refractivity contribution in [3.05, 3.63) is 0 Å². The molecule has 0 aromatic carbocycles. The van der Waals surface area contributed by atoms with Gasteiger partial charge in [-0.2, -0.15) is 0 Å². The van der Waals surface area contributed by atoms with Gasteiger partial charge in [-0.1, -0.05) is 22.6 Å². The smallest absolute Gasteiger partial charge is 0.229 e. The molecular weight excluding hydrogens is 350 g/mol. The van der Waals surface area contributed by atoms with Crippen molar-refractivity contribution >= 4 is 42.3 Å². The molecule has 18 heavy (non-hydrogen) atoms. The zero-order valence-corrected chi connectivity index (χ0v) is 12.4. The molecule has 0 bridgehead atoms. The number of amides is 2. The molecule has 0 aliphatic heterocycles. The van der Waals surface area contributed by atoms with E-state index in [2.05, 4.69) is 10.6 Å². The molecule has 0 fully saturated rings. The molecule has 0 saturated heterocycles. The van der Waals surface area contributed by atoms with Gasteiger partial charge in [0.15, 0.2) is 0 Å². The topological polar surface area (TPSA) is 76.7 Å². The van der Waals surface area contributed by atoms with Gasteiger partial charge in [0.05, 0.1) is 38.7 Å². The van der Waals surface area contributed by atoms with Gasteiger partial charge in [-0.15, -0.1) is 0 Å². The van der Waals surface area contributed by atoms with Gasteiger partial charge in [-0.25, -0.2) is 0 Å². The standard InChI is InChI=1S/C10H18BIN2O4/c11-7-9(15)13-1-3-17-5-6-18-4-2-14-10(16)8-12/h1-8H2,(H,13,15)(H,14,16). The second-order valence-corrected chi connectivity index (χ2v) is 4.03. The average Bonchev–Trinajstić information content (AvgIpc) is 2.40. The van der Waals surface area contributed by atoms with Crippen molar-refractivity contribution in [3.8, 4) is 0 Å². The SMILES string of the molecule is [B]CC(=O)NCCOCCOCCNC(=O)CI. The normalized spacial score (nSPS) is 10.1. The van der Waals surface area contributed by atoms with Gasteiger partial charge in [0.1, 0.15) is 0 Å². The lowest BCUT2D eigenvalue weighted by Gasteiger charge is -2.07. The number of alkyl halides is 1. The summed E-state index contributed by atoms with van der Waals surface area (Å²) < 4.78 is 10.9. The van der Waals surface area contributed by atoms with Crippen LogP contribution in [-0.4, -0.2) is 63.6 Å². The predicted molar refractivity (Wildman–Crippen MR) is 77.1 cm³/mol. The Labute approximate surface area is 122 Å². The maximum absolute atomic E-state index is 10.9. The van der Waals surface area contributed by atoms with Crippen molar-refractivity contribution < 1.29 is 19.1 Å². The second kappa shape index (κ2) is 13.1. The van der Waals surface area contributed by atoms with E-state index >= 15 is 0 Å². The van der Waals surface area contributed by atoms with Gasteiger partial charge >= 0.3 is 0 Å². The van der Waals surface area contributed by atoms with Crippen molar-refractivity contribution in [1.29, 1.82) is 0 Å². The summed E-state index contributed by atoms with van der Waals surface area (Å²) in [6.07, 6.45) is -0.00788. The predicted octanol–water partition coefficient (Wildman–Crippen LogP) is -0.726. The first-order chi connectivity index (χ1) is 8.70. The molecule has 2 radical (unpaired) electrons. The molecule has 8 heteroatoms. The Balaban J connectivity index is 3.07. The number of hydrogen-bond acceptors (Lipinski definition) is 4. The molecule has 2 N–H and O–H groups in total. The van der Waals surface area contributed by atoms with E-state index in [0.717, 1.165) is 0 Å². The molecule has 0 saturated carbocycles. The Morgan fingerprint density at radius 2 is 1.44 bits per heavy atom. The monoisotopic (exact) mass is 368 g/mol. The zero-order chi connectivity index (χ0) is 13.6. The molecule has 0 heterocycles. The highest BCUT2D eigenvalue weighted by Crippen LogP contribution is 1.81. The first-order valence-corrected chi connectivity index (χ1v) is 7.18. The summed E-state index contributed by atoms with van der Waals surface area (Å²) in [5.74, 6) is -0.188. The van der Waals surface area contributed by atoms with Crippen LogP contribution in [-0.2, 0) is 19.1 Å². The third-order valence-corrected chi connectivity index (χ3v) is 2.51. The summed E-state index contributed by atoms with van der Waals surface area (Å²) in [5, 5.41) is 5.28. The van der Waals surface area contributed by atoms with Crippen LogP contribution >= 0.6 is 22.6 Å². The number of carbonyl (C=O) groups is 2. The number of nitrogens with one attached hydrogen (secondary N) is 2. The summed E-state index contributed by atoms with van der Waals surface area (Å²) in [5.41, 5.74) is 0. The van der Waals surface area contributed by atoms with Crippen LogP contribution in [0.2, 0.25) is 6.32 Å². The minimum absolute atomic E-state index is 0.00564. The van der Waals surface area contributed by atoms with Crippen LogP contribution in [0.15, 0.2) is 0 Å². The Kier molecular flexibility index (Phi) is 12.8. The first kappa shape index (κ1) is 17.7. The summed E-state index contributed by atoms with van der Waals surface area (Å²) >= 11 is 2.00. The minimum Gasteiger partial charge on any atom is -0.377 e. The van der Waals surface area contributed by atoms with E-state index in [1.54, 1.807) is 0 Å². The van der Waals surface area contributed by atoms with Crippen LogP contribution in [0.25, 0.3) is 0 Å². The molecule has 0 atom stereocenters. The van der Waals surface area contributed by atoms with Crippen LogP contribution < -0.4 is 10.6 Å². The molecule has 0 spiro atoms. The minimum atomic E-state index is -0.194. The molecular formula is C10H18BIN2O4. The molecule has 0 rings (SSSR count). The second-order valence-electron chi connectivity index (χ2n) is 3.26. The summed E-state index contributed by atoms with van der Waals surface area (Å²) in [6.45, 7) is 2.77. The van der Waals surface area contributed by atoms with E-state index in [1.807, 2.05) is 22.6 Å². The summed E-state index contributed by atoms with van der Waals surface area (Å²) in [4.78, 5) is 21.6. The molecule has 0 aromatic heterocycles. The van der Waals surface area contributed by atoms with Gasteiger partial charge in [0.25, 0.3) is 0 Å². The Hall–Kier alpha value is -0.345. The number of ether oxygens (including phenoxy) is 2. The van der Waals surface area contributed by atoms with Crippen molar-refractivity contribution in [2.75, 3.05) is 43.9 Å². The maximum atomic E-state index is 10.9. The Bertz CT molecular complexity index is 220. The molecule has 0 unspecified atom stereocenters. The van der Waals surface area contributed by atoms with Crippen LogP contribution in [0.4, 0.5) is 0 Å². The van der Waals surface area contributed by atoms with E-state index in [0.29, 0.717) is 43.9 Å². The summed E-state index contributed by atoms with van der Waals surface area (Å²) in [7, 11) is 5.11. The van der Waals surface area contributed by atoms with Crippen molar-refractivity contribution in [2.45, 2.75) is 6.32 Å². The largest absolute Gasteiger partial charge is 0.377 e. The first-order valence-electron chi connectivity index (χ1n) is 5.65. The zero-order valence-electron chi connectivity index (χ0n) is 10.2. The third-order valence-electron chi connectivity index (χ3n) is 1.82. The van der Waals surface area contributed by atoms with Crippen molar-refractivity contribution in [2.24, 2.45) is 0 Å². The van der Waals surface area contributed by atoms with Gasteiger partial charge in [0, 0.05) is 13.1 Å². The highest BCUT2D eigenvalue weighted by Gasteiger charge is 1.97. The number of carbonyl (C=O) groups excluding carboxylic acids is 2. The van der Waals surface area contributed by atoms with Crippen LogP contribution in [0.1, 0.15) is 0 Å². The van der Waals surface area contributed by atoms with Gasteiger partial charge in [0.2, 0.25) is 11.8 Å². The third kappa shape index (κ3) is 12.1. The highest BCUT2D eigenvalue weighted by molar-refractivity contribution is 14.1. The van der Waals surface area contributed by atoms with E-state index in [-0.39, 0.29) is 18.1 Å². The van der Waals surface area contributed by atoms with E-state index in [4.69, 9.17) is 17.3 Å². The van der Waals surface area contributed by atoms with Gasteiger partial charge in [-0.3, -0.25) is 9.59 Å². The van der Waals surface area contributed by atoms with E-state index < -0.39 is 0 Å². The number of hydrogen-bond donors (Lipinski definition) is 2. The maximum Gasteiger partial charge on any atom is 0.229 e. The molecule has 0 aliphatic rings. The van der Waals surface area contributed by atoms with Crippen LogP contribution in [0.5, 0.6) is 0 Å². The van der Waals surface area contributed by atoms with Crippen molar-refractivity contribution in [3.63, 3.8) is 0 Å². The molecule has 6 nitrogen and oxygen atoms in total. The van der Waals surface area contributed by atoms with E-state index in [9.17, 15) is 9.59 Å². The Morgan fingerprint density at radius 3 is 1.89 bits per heavy atom. The summed E-state index contributed by atoms with van der Waals surface area (Å²) in [6, 6.07) is 0.